The number of aromatic nitrogens is 2. The Morgan fingerprint density at radius 2 is 1.88 bits per heavy atom. The Kier molecular flexibility index (Phi) is 5.85. The SMILES string of the molecule is Cn1cc2cc(C(F)(F)F)cc(COCC3(c4ccccc4)CCN(C(=O)O)CC3)c2n1. The first kappa shape index (κ1) is 22.1. The molecule has 1 N–H and O–H groups in total. The molecule has 1 aliphatic heterocycles. The van der Waals surface area contributed by atoms with E-state index in [-0.39, 0.29) is 13.2 Å². The second-order valence-electron chi connectivity index (χ2n) is 8.28. The molecular weight excluding hydrogens is 423 g/mol. The molecule has 170 valence electrons. The van der Waals surface area contributed by atoms with E-state index in [9.17, 15) is 23.1 Å². The Labute approximate surface area is 183 Å². The van der Waals surface area contributed by atoms with Crippen LogP contribution in [0.4, 0.5) is 18.0 Å². The van der Waals surface area contributed by atoms with Crippen LogP contribution in [0.3, 0.4) is 0 Å². The molecule has 1 aliphatic rings. The number of ether oxygens (including phenoxy) is 1. The monoisotopic (exact) mass is 447 g/mol. The second-order valence-corrected chi connectivity index (χ2v) is 8.28. The summed E-state index contributed by atoms with van der Waals surface area (Å²) >= 11 is 0. The molecule has 0 atom stereocenters. The summed E-state index contributed by atoms with van der Waals surface area (Å²) in [6.07, 6.45) is -2.71. The van der Waals surface area contributed by atoms with Gasteiger partial charge < -0.3 is 14.7 Å². The van der Waals surface area contributed by atoms with Crippen LogP contribution >= 0.6 is 0 Å². The molecule has 9 heteroatoms. The van der Waals surface area contributed by atoms with E-state index in [4.69, 9.17) is 4.74 Å². The van der Waals surface area contributed by atoms with Crippen molar-refractivity contribution in [2.45, 2.75) is 31.0 Å². The van der Waals surface area contributed by atoms with Gasteiger partial charge in [0.2, 0.25) is 0 Å². The molecule has 0 radical (unpaired) electrons. The van der Waals surface area contributed by atoms with Gasteiger partial charge in [0.05, 0.1) is 24.3 Å². The lowest BCUT2D eigenvalue weighted by Crippen LogP contribution is -2.47. The normalized spacial score (nSPS) is 16.4. The van der Waals surface area contributed by atoms with Crippen LogP contribution in [0.25, 0.3) is 10.9 Å². The molecule has 3 aromatic rings. The number of piperidine rings is 1. The molecule has 2 aromatic carbocycles. The molecule has 0 saturated carbocycles. The lowest BCUT2D eigenvalue weighted by Gasteiger charge is -2.41. The summed E-state index contributed by atoms with van der Waals surface area (Å²) in [5.41, 5.74) is 0.760. The Bertz CT molecular complexity index is 1100. The van der Waals surface area contributed by atoms with E-state index in [1.807, 2.05) is 30.3 Å². The maximum atomic E-state index is 13.4. The quantitative estimate of drug-likeness (QED) is 0.609. The maximum absolute atomic E-state index is 13.4. The van der Waals surface area contributed by atoms with Crippen molar-refractivity contribution in [2.24, 2.45) is 7.05 Å². The maximum Gasteiger partial charge on any atom is 0.416 e. The van der Waals surface area contributed by atoms with Gasteiger partial charge in [-0.05, 0) is 30.5 Å². The summed E-state index contributed by atoms with van der Waals surface area (Å²) in [7, 11) is 1.67. The van der Waals surface area contributed by atoms with Gasteiger partial charge in [0.25, 0.3) is 0 Å². The number of aryl methyl sites for hydroxylation is 1. The van der Waals surface area contributed by atoms with E-state index in [0.717, 1.165) is 17.7 Å². The summed E-state index contributed by atoms with van der Waals surface area (Å²) in [6.45, 7) is 1.01. The molecule has 0 aliphatic carbocycles. The predicted octanol–water partition coefficient (Wildman–Crippen LogP) is 4.82. The van der Waals surface area contributed by atoms with Crippen molar-refractivity contribution < 1.29 is 27.8 Å². The number of fused-ring (bicyclic) bond motifs is 1. The zero-order valence-electron chi connectivity index (χ0n) is 17.6. The number of likely N-dealkylation sites (tertiary alicyclic amines) is 1. The Morgan fingerprint density at radius 3 is 2.50 bits per heavy atom. The Morgan fingerprint density at radius 1 is 1.19 bits per heavy atom. The fourth-order valence-corrected chi connectivity index (χ4v) is 4.39. The third-order valence-corrected chi connectivity index (χ3v) is 6.14. The van der Waals surface area contributed by atoms with Gasteiger partial charge >= 0.3 is 12.3 Å². The predicted molar refractivity (Wildman–Crippen MR) is 112 cm³/mol. The van der Waals surface area contributed by atoms with Gasteiger partial charge in [0, 0.05) is 42.7 Å². The van der Waals surface area contributed by atoms with Crippen LogP contribution in [0.1, 0.15) is 29.5 Å². The number of halogens is 3. The minimum Gasteiger partial charge on any atom is -0.465 e. The Hall–Kier alpha value is -3.07. The highest BCUT2D eigenvalue weighted by Crippen LogP contribution is 2.37. The van der Waals surface area contributed by atoms with Crippen molar-refractivity contribution in [2.75, 3.05) is 19.7 Å². The molecular formula is C23H24F3N3O3. The van der Waals surface area contributed by atoms with Gasteiger partial charge in [0.1, 0.15) is 0 Å². The largest absolute Gasteiger partial charge is 0.465 e. The number of carbonyl (C=O) groups is 1. The third-order valence-electron chi connectivity index (χ3n) is 6.14. The average molecular weight is 447 g/mol. The highest BCUT2D eigenvalue weighted by molar-refractivity contribution is 5.82. The van der Waals surface area contributed by atoms with Crippen LogP contribution in [0.2, 0.25) is 0 Å². The summed E-state index contributed by atoms with van der Waals surface area (Å²) in [5, 5.41) is 14.0. The second kappa shape index (κ2) is 8.46. The van der Waals surface area contributed by atoms with Gasteiger partial charge in [0.15, 0.2) is 0 Å². The topological polar surface area (TPSA) is 67.6 Å². The number of carboxylic acid groups (broad SMARTS) is 1. The van der Waals surface area contributed by atoms with Crippen molar-refractivity contribution in [1.29, 1.82) is 0 Å². The Balaban J connectivity index is 1.57. The van der Waals surface area contributed by atoms with Crippen molar-refractivity contribution in [3.8, 4) is 0 Å². The van der Waals surface area contributed by atoms with Gasteiger partial charge in [-0.1, -0.05) is 30.3 Å². The number of amides is 1. The van der Waals surface area contributed by atoms with E-state index in [1.165, 1.54) is 9.58 Å². The minimum atomic E-state index is -4.46. The first-order chi connectivity index (χ1) is 15.2. The molecule has 1 amide bonds. The number of alkyl halides is 3. The summed E-state index contributed by atoms with van der Waals surface area (Å²) < 4.78 is 47.6. The van der Waals surface area contributed by atoms with E-state index < -0.39 is 23.2 Å². The molecule has 0 bridgehead atoms. The van der Waals surface area contributed by atoms with Crippen molar-refractivity contribution in [3.05, 3.63) is 65.4 Å². The molecule has 0 spiro atoms. The molecule has 6 nitrogen and oxygen atoms in total. The zero-order valence-corrected chi connectivity index (χ0v) is 17.6. The van der Waals surface area contributed by atoms with E-state index in [1.54, 1.807) is 13.2 Å². The average Bonchev–Trinajstić information content (AvgIpc) is 3.14. The number of hydrogen-bond donors (Lipinski definition) is 1. The molecule has 2 heterocycles. The van der Waals surface area contributed by atoms with Crippen LogP contribution in [0.5, 0.6) is 0 Å². The van der Waals surface area contributed by atoms with Gasteiger partial charge in [-0.15, -0.1) is 0 Å². The standard InChI is InChI=1S/C23H24F3N3O3/c1-28-13-16-11-19(23(24,25)26)12-17(20(16)27-28)14-32-15-22(18-5-3-2-4-6-18)7-9-29(10-8-22)21(30)31/h2-6,11-13H,7-10,14-15H2,1H3,(H,30,31). The summed E-state index contributed by atoms with van der Waals surface area (Å²) in [6, 6.07) is 11.9. The molecule has 4 rings (SSSR count). The highest BCUT2D eigenvalue weighted by atomic mass is 19.4. The number of benzene rings is 2. The molecule has 32 heavy (non-hydrogen) atoms. The zero-order chi connectivity index (χ0) is 22.9. The lowest BCUT2D eigenvalue weighted by molar-refractivity contribution is -0.137. The van der Waals surface area contributed by atoms with E-state index in [2.05, 4.69) is 5.10 Å². The van der Waals surface area contributed by atoms with Crippen LogP contribution < -0.4 is 0 Å². The fraction of sp³-hybridized carbons (Fsp3) is 0.391. The van der Waals surface area contributed by atoms with Gasteiger partial charge in [-0.3, -0.25) is 4.68 Å². The van der Waals surface area contributed by atoms with Crippen molar-refractivity contribution in [3.63, 3.8) is 0 Å². The van der Waals surface area contributed by atoms with Crippen LogP contribution in [0, 0.1) is 0 Å². The summed E-state index contributed by atoms with van der Waals surface area (Å²) in [5.74, 6) is 0. The first-order valence-electron chi connectivity index (χ1n) is 10.3. The van der Waals surface area contributed by atoms with E-state index in [0.29, 0.717) is 42.4 Å². The molecule has 1 saturated heterocycles. The summed E-state index contributed by atoms with van der Waals surface area (Å²) in [4.78, 5) is 12.7. The van der Waals surface area contributed by atoms with E-state index >= 15 is 0 Å². The highest BCUT2D eigenvalue weighted by Gasteiger charge is 2.38. The molecule has 1 fully saturated rings. The van der Waals surface area contributed by atoms with Crippen molar-refractivity contribution in [1.82, 2.24) is 14.7 Å². The van der Waals surface area contributed by atoms with Crippen LogP contribution in [-0.2, 0) is 30.0 Å². The smallest absolute Gasteiger partial charge is 0.416 e. The molecule has 1 aromatic heterocycles. The lowest BCUT2D eigenvalue weighted by atomic mass is 9.73. The minimum absolute atomic E-state index is 0.0192. The van der Waals surface area contributed by atoms with Gasteiger partial charge in [-0.2, -0.15) is 18.3 Å². The fourth-order valence-electron chi connectivity index (χ4n) is 4.39. The third kappa shape index (κ3) is 4.43. The van der Waals surface area contributed by atoms with Gasteiger partial charge in [-0.25, -0.2) is 4.79 Å². The number of rotatable bonds is 5. The van der Waals surface area contributed by atoms with Crippen molar-refractivity contribution >= 4 is 17.0 Å². The first-order valence-corrected chi connectivity index (χ1v) is 10.3. The molecule has 0 unspecified atom stereocenters. The number of nitrogens with zero attached hydrogens (tertiary/aromatic N) is 3. The number of hydrogen-bond acceptors (Lipinski definition) is 3. The van der Waals surface area contributed by atoms with Crippen LogP contribution in [0.15, 0.2) is 48.7 Å². The van der Waals surface area contributed by atoms with Crippen LogP contribution in [-0.4, -0.2) is 45.6 Å².